The number of benzene rings is 2. The van der Waals surface area contributed by atoms with Gasteiger partial charge in [-0.1, -0.05) is 42.4 Å². The number of aryl methyl sites for hydroxylation is 1. The van der Waals surface area contributed by atoms with E-state index >= 15 is 0 Å². The van der Waals surface area contributed by atoms with Gasteiger partial charge in [-0.15, -0.1) is 10.2 Å². The molecule has 8 heteroatoms. The second-order valence-electron chi connectivity index (χ2n) is 8.23. The lowest BCUT2D eigenvalue weighted by molar-refractivity contribution is -0.132. The zero-order valence-corrected chi connectivity index (χ0v) is 20.5. The minimum Gasteiger partial charge on any atom is -0.497 e. The summed E-state index contributed by atoms with van der Waals surface area (Å²) in [5, 5.41) is 9.46. The highest BCUT2D eigenvalue weighted by molar-refractivity contribution is 8.00. The number of methoxy groups -OCH3 is 1. The van der Waals surface area contributed by atoms with Crippen LogP contribution in [0.5, 0.6) is 5.75 Å². The minimum absolute atomic E-state index is 0.150. The van der Waals surface area contributed by atoms with E-state index in [0.717, 1.165) is 61.1 Å². The van der Waals surface area contributed by atoms with Crippen molar-refractivity contribution in [3.8, 4) is 22.8 Å². The summed E-state index contributed by atoms with van der Waals surface area (Å²) in [5.74, 6) is 1.69. The van der Waals surface area contributed by atoms with Gasteiger partial charge in [0.05, 0.1) is 12.4 Å². The zero-order valence-electron chi connectivity index (χ0n) is 19.7. The van der Waals surface area contributed by atoms with Crippen LogP contribution in [0.2, 0.25) is 0 Å². The lowest BCUT2D eigenvalue weighted by Crippen LogP contribution is -2.50. The second kappa shape index (κ2) is 10.4. The predicted octanol–water partition coefficient (Wildman–Crippen LogP) is 3.90. The maximum absolute atomic E-state index is 13.2. The molecule has 1 aromatic heterocycles. The van der Waals surface area contributed by atoms with Crippen molar-refractivity contribution in [2.45, 2.75) is 31.2 Å². The number of amides is 1. The van der Waals surface area contributed by atoms with Crippen LogP contribution in [0.1, 0.15) is 19.4 Å². The molecule has 174 valence electrons. The molecule has 1 saturated heterocycles. The van der Waals surface area contributed by atoms with Crippen molar-refractivity contribution in [2.24, 2.45) is 0 Å². The van der Waals surface area contributed by atoms with E-state index < -0.39 is 0 Å². The standard InChI is InChI=1S/C25H31N5O2S/c1-5-28-13-15-29(16-14-28)24(31)19(3)33-25-27-26-23(20-8-6-7-18(2)17-20)30(25)21-9-11-22(32-4)12-10-21/h6-12,17,19H,5,13-16H2,1-4H3. The summed E-state index contributed by atoms with van der Waals surface area (Å²) < 4.78 is 7.35. The maximum Gasteiger partial charge on any atom is 0.235 e. The fraction of sp³-hybridized carbons (Fsp3) is 0.400. The number of carbonyl (C=O) groups excluding carboxylic acids is 1. The number of piperazine rings is 1. The highest BCUT2D eigenvalue weighted by Gasteiger charge is 2.27. The first-order chi connectivity index (χ1) is 16.0. The lowest BCUT2D eigenvalue weighted by Gasteiger charge is -2.35. The summed E-state index contributed by atoms with van der Waals surface area (Å²) in [6, 6.07) is 16.0. The van der Waals surface area contributed by atoms with Gasteiger partial charge in [-0.05, 0) is 50.7 Å². The molecule has 1 amide bonds. The molecule has 0 N–H and O–H groups in total. The van der Waals surface area contributed by atoms with E-state index in [0.29, 0.717) is 5.16 Å². The molecule has 1 unspecified atom stereocenters. The minimum atomic E-state index is -0.260. The fourth-order valence-corrected chi connectivity index (χ4v) is 4.98. The van der Waals surface area contributed by atoms with Crippen molar-refractivity contribution in [3.63, 3.8) is 0 Å². The van der Waals surface area contributed by atoms with Crippen molar-refractivity contribution in [2.75, 3.05) is 39.8 Å². The number of ether oxygens (including phenoxy) is 1. The highest BCUT2D eigenvalue weighted by Crippen LogP contribution is 2.31. The lowest BCUT2D eigenvalue weighted by atomic mass is 10.1. The SMILES string of the molecule is CCN1CCN(C(=O)C(C)Sc2nnc(-c3cccc(C)c3)n2-c2ccc(OC)cc2)CC1. The molecule has 0 radical (unpaired) electrons. The van der Waals surface area contributed by atoms with Gasteiger partial charge in [-0.2, -0.15) is 0 Å². The number of hydrogen-bond donors (Lipinski definition) is 0. The average Bonchev–Trinajstić information content (AvgIpc) is 3.27. The molecule has 1 aliphatic rings. The normalized spacial score (nSPS) is 15.5. The molecule has 33 heavy (non-hydrogen) atoms. The zero-order chi connectivity index (χ0) is 23.4. The van der Waals surface area contributed by atoms with E-state index in [1.165, 1.54) is 11.8 Å². The van der Waals surface area contributed by atoms with E-state index in [-0.39, 0.29) is 11.2 Å². The first kappa shape index (κ1) is 23.3. The van der Waals surface area contributed by atoms with Crippen LogP contribution in [0, 0.1) is 6.92 Å². The Balaban J connectivity index is 1.63. The summed E-state index contributed by atoms with van der Waals surface area (Å²) >= 11 is 1.46. The number of rotatable bonds is 7. The van der Waals surface area contributed by atoms with Crippen LogP contribution in [-0.4, -0.2) is 75.6 Å². The van der Waals surface area contributed by atoms with Crippen molar-refractivity contribution < 1.29 is 9.53 Å². The van der Waals surface area contributed by atoms with Crippen LogP contribution in [0.15, 0.2) is 53.7 Å². The third-order valence-corrected chi connectivity index (χ3v) is 7.03. The van der Waals surface area contributed by atoms with Crippen molar-refractivity contribution in [1.29, 1.82) is 0 Å². The smallest absolute Gasteiger partial charge is 0.235 e. The molecule has 2 heterocycles. The Labute approximate surface area is 199 Å². The van der Waals surface area contributed by atoms with Gasteiger partial charge >= 0.3 is 0 Å². The topological polar surface area (TPSA) is 63.5 Å². The number of nitrogens with zero attached hydrogens (tertiary/aromatic N) is 5. The van der Waals surface area contributed by atoms with E-state index in [2.05, 4.69) is 41.1 Å². The Morgan fingerprint density at radius 1 is 1.09 bits per heavy atom. The average molecular weight is 466 g/mol. The van der Waals surface area contributed by atoms with Crippen LogP contribution in [0.25, 0.3) is 17.1 Å². The summed E-state index contributed by atoms with van der Waals surface area (Å²) in [4.78, 5) is 17.5. The summed E-state index contributed by atoms with van der Waals surface area (Å²) in [7, 11) is 1.65. The van der Waals surface area contributed by atoms with Gasteiger partial charge < -0.3 is 14.5 Å². The molecule has 1 fully saturated rings. The molecule has 4 rings (SSSR count). The van der Waals surface area contributed by atoms with Gasteiger partial charge in [0.15, 0.2) is 11.0 Å². The first-order valence-electron chi connectivity index (χ1n) is 11.3. The largest absolute Gasteiger partial charge is 0.497 e. The van der Waals surface area contributed by atoms with Crippen LogP contribution in [-0.2, 0) is 4.79 Å². The Morgan fingerprint density at radius 2 is 1.82 bits per heavy atom. The fourth-order valence-electron chi connectivity index (χ4n) is 4.03. The molecular weight excluding hydrogens is 434 g/mol. The monoisotopic (exact) mass is 465 g/mol. The van der Waals surface area contributed by atoms with Crippen molar-refractivity contribution >= 4 is 17.7 Å². The third-order valence-electron chi connectivity index (χ3n) is 6.00. The Bertz CT molecular complexity index is 1090. The summed E-state index contributed by atoms with van der Waals surface area (Å²) in [6.45, 7) is 10.6. The molecule has 1 aliphatic heterocycles. The summed E-state index contributed by atoms with van der Waals surface area (Å²) in [5.41, 5.74) is 3.07. The Kier molecular flexibility index (Phi) is 7.35. The van der Waals surface area contributed by atoms with E-state index in [1.807, 2.05) is 52.8 Å². The van der Waals surface area contributed by atoms with Crippen LogP contribution in [0.3, 0.4) is 0 Å². The molecule has 7 nitrogen and oxygen atoms in total. The van der Waals surface area contributed by atoms with Gasteiger partial charge in [0.25, 0.3) is 0 Å². The highest BCUT2D eigenvalue weighted by atomic mass is 32.2. The second-order valence-corrected chi connectivity index (χ2v) is 9.54. The predicted molar refractivity (Wildman–Crippen MR) is 132 cm³/mol. The maximum atomic E-state index is 13.2. The van der Waals surface area contributed by atoms with Crippen LogP contribution in [0.4, 0.5) is 0 Å². The van der Waals surface area contributed by atoms with Gasteiger partial charge in [0.2, 0.25) is 5.91 Å². The molecule has 0 saturated carbocycles. The van der Waals surface area contributed by atoms with Gasteiger partial charge in [-0.25, -0.2) is 0 Å². The number of likely N-dealkylation sites (N-methyl/N-ethyl adjacent to an activating group) is 1. The summed E-state index contributed by atoms with van der Waals surface area (Å²) in [6.07, 6.45) is 0. The van der Waals surface area contributed by atoms with E-state index in [4.69, 9.17) is 4.74 Å². The number of thioether (sulfide) groups is 1. The Hall–Kier alpha value is -2.84. The molecule has 0 spiro atoms. The molecule has 1 atom stereocenters. The van der Waals surface area contributed by atoms with Gasteiger partial charge in [0.1, 0.15) is 5.75 Å². The van der Waals surface area contributed by atoms with Crippen LogP contribution >= 0.6 is 11.8 Å². The van der Waals surface area contributed by atoms with Crippen molar-refractivity contribution in [1.82, 2.24) is 24.6 Å². The Morgan fingerprint density at radius 3 is 2.45 bits per heavy atom. The quantitative estimate of drug-likeness (QED) is 0.493. The first-order valence-corrected chi connectivity index (χ1v) is 12.2. The molecule has 3 aromatic rings. The number of aromatic nitrogens is 3. The van der Waals surface area contributed by atoms with Crippen molar-refractivity contribution in [3.05, 3.63) is 54.1 Å². The molecule has 2 aromatic carbocycles. The molecule has 0 aliphatic carbocycles. The van der Waals surface area contributed by atoms with Crippen LogP contribution < -0.4 is 4.74 Å². The van der Waals surface area contributed by atoms with Gasteiger partial charge in [0, 0.05) is 37.4 Å². The number of hydrogen-bond acceptors (Lipinski definition) is 6. The number of carbonyl (C=O) groups is 1. The molecular formula is C25H31N5O2S. The molecule has 0 bridgehead atoms. The third kappa shape index (κ3) is 5.23. The van der Waals surface area contributed by atoms with E-state index in [1.54, 1.807) is 7.11 Å². The van der Waals surface area contributed by atoms with Gasteiger partial charge in [-0.3, -0.25) is 9.36 Å². The van der Waals surface area contributed by atoms with E-state index in [9.17, 15) is 4.79 Å².